The molecule has 34 heavy (non-hydrogen) atoms. The maximum Gasteiger partial charge on any atom is 0.435 e. The molecule has 3 amide bonds. The normalized spacial score (nSPS) is 15.3. The molecule has 0 bridgehead atoms. The van der Waals surface area contributed by atoms with Crippen LogP contribution in [0.3, 0.4) is 0 Å². The molecule has 4 rings (SSSR count). The SMILES string of the molecule is O=C(NCCN1C(=O)SC(=Cc2ccccc2)C1=O)c1ccc(-n2ccc(C(F)(F)F)n2)cc1. The van der Waals surface area contributed by atoms with Gasteiger partial charge in [-0.05, 0) is 53.7 Å². The molecular formula is C23H17F3N4O3S. The number of hydrogen-bond donors (Lipinski definition) is 1. The third kappa shape index (κ3) is 5.20. The lowest BCUT2D eigenvalue weighted by Crippen LogP contribution is -2.37. The van der Waals surface area contributed by atoms with E-state index in [4.69, 9.17) is 0 Å². The Hall–Kier alpha value is -3.86. The fourth-order valence-electron chi connectivity index (χ4n) is 3.16. The van der Waals surface area contributed by atoms with Crippen molar-refractivity contribution in [3.05, 3.63) is 88.6 Å². The Bertz CT molecular complexity index is 1250. The van der Waals surface area contributed by atoms with Crippen LogP contribution < -0.4 is 5.32 Å². The summed E-state index contributed by atoms with van der Waals surface area (Å²) >= 11 is 0.842. The van der Waals surface area contributed by atoms with Gasteiger partial charge in [-0.3, -0.25) is 19.3 Å². The maximum atomic E-state index is 12.7. The van der Waals surface area contributed by atoms with E-state index in [0.717, 1.165) is 33.0 Å². The quantitative estimate of drug-likeness (QED) is 0.524. The first-order valence-electron chi connectivity index (χ1n) is 10.0. The van der Waals surface area contributed by atoms with Crippen molar-refractivity contribution in [3.8, 4) is 5.69 Å². The van der Waals surface area contributed by atoms with Crippen LogP contribution in [0.2, 0.25) is 0 Å². The first-order valence-corrected chi connectivity index (χ1v) is 10.9. The van der Waals surface area contributed by atoms with Gasteiger partial charge in [-0.15, -0.1) is 0 Å². The molecule has 0 radical (unpaired) electrons. The van der Waals surface area contributed by atoms with Crippen molar-refractivity contribution >= 4 is 34.9 Å². The minimum Gasteiger partial charge on any atom is -0.350 e. The molecule has 1 saturated heterocycles. The van der Waals surface area contributed by atoms with Crippen LogP contribution in [-0.4, -0.2) is 44.8 Å². The van der Waals surface area contributed by atoms with Crippen LogP contribution >= 0.6 is 11.8 Å². The van der Waals surface area contributed by atoms with Crippen LogP contribution in [0.4, 0.5) is 18.0 Å². The number of carbonyl (C=O) groups excluding carboxylic acids is 3. The third-order valence-corrected chi connectivity index (χ3v) is 5.77. The number of amides is 3. The minimum absolute atomic E-state index is 0.00806. The van der Waals surface area contributed by atoms with Crippen LogP contribution in [-0.2, 0) is 11.0 Å². The highest BCUT2D eigenvalue weighted by molar-refractivity contribution is 8.18. The highest BCUT2D eigenvalue weighted by Crippen LogP contribution is 2.32. The Morgan fingerprint density at radius 2 is 1.74 bits per heavy atom. The number of hydrogen-bond acceptors (Lipinski definition) is 5. The van der Waals surface area contributed by atoms with Gasteiger partial charge in [0.25, 0.3) is 17.1 Å². The minimum atomic E-state index is -4.54. The van der Waals surface area contributed by atoms with Gasteiger partial charge in [0.15, 0.2) is 5.69 Å². The second-order valence-corrected chi connectivity index (χ2v) is 8.18. The number of aromatic nitrogens is 2. The smallest absolute Gasteiger partial charge is 0.350 e. The van der Waals surface area contributed by atoms with Crippen LogP contribution in [0, 0.1) is 0 Å². The molecule has 1 N–H and O–H groups in total. The lowest BCUT2D eigenvalue weighted by atomic mass is 10.2. The zero-order chi connectivity index (χ0) is 24.3. The highest BCUT2D eigenvalue weighted by atomic mass is 32.2. The van der Waals surface area contributed by atoms with E-state index in [1.165, 1.54) is 30.5 Å². The molecular weight excluding hydrogens is 469 g/mol. The Labute approximate surface area is 196 Å². The topological polar surface area (TPSA) is 84.3 Å². The molecule has 11 heteroatoms. The van der Waals surface area contributed by atoms with Gasteiger partial charge in [0.2, 0.25) is 0 Å². The molecule has 2 aromatic carbocycles. The number of carbonyl (C=O) groups is 3. The molecule has 0 spiro atoms. The number of rotatable bonds is 6. The van der Waals surface area contributed by atoms with Crippen molar-refractivity contribution in [2.24, 2.45) is 0 Å². The van der Waals surface area contributed by atoms with Gasteiger partial charge in [0.1, 0.15) is 0 Å². The number of nitrogens with zero attached hydrogens (tertiary/aromatic N) is 3. The number of alkyl halides is 3. The molecule has 0 atom stereocenters. The Kier molecular flexibility index (Phi) is 6.55. The van der Waals surface area contributed by atoms with E-state index in [-0.39, 0.29) is 18.7 Å². The molecule has 2 heterocycles. The van der Waals surface area contributed by atoms with Crippen molar-refractivity contribution in [3.63, 3.8) is 0 Å². The van der Waals surface area contributed by atoms with E-state index in [1.54, 1.807) is 6.08 Å². The zero-order valence-electron chi connectivity index (χ0n) is 17.5. The zero-order valence-corrected chi connectivity index (χ0v) is 18.3. The van der Waals surface area contributed by atoms with E-state index in [0.29, 0.717) is 10.6 Å². The number of imide groups is 1. The molecule has 1 fully saturated rings. The van der Waals surface area contributed by atoms with Gasteiger partial charge in [-0.1, -0.05) is 30.3 Å². The molecule has 3 aromatic rings. The monoisotopic (exact) mass is 486 g/mol. The lowest BCUT2D eigenvalue weighted by Gasteiger charge is -2.13. The van der Waals surface area contributed by atoms with Crippen LogP contribution in [0.25, 0.3) is 11.8 Å². The summed E-state index contributed by atoms with van der Waals surface area (Å²) in [5.74, 6) is -0.871. The summed E-state index contributed by atoms with van der Waals surface area (Å²) in [4.78, 5) is 38.5. The van der Waals surface area contributed by atoms with E-state index in [1.807, 2.05) is 30.3 Å². The summed E-state index contributed by atoms with van der Waals surface area (Å²) in [6.45, 7) is 0.0550. The standard InChI is InChI=1S/C23H17F3N4O3S/c24-23(25,26)19-10-12-30(28-19)17-8-6-16(7-9-17)20(31)27-11-13-29-21(32)18(34-22(29)33)14-15-4-2-1-3-5-15/h1-10,12,14H,11,13H2,(H,27,31). The van der Waals surface area contributed by atoms with Gasteiger partial charge < -0.3 is 5.32 Å². The number of halogens is 3. The fraction of sp³-hybridized carbons (Fsp3) is 0.130. The van der Waals surface area contributed by atoms with Gasteiger partial charge in [-0.2, -0.15) is 18.3 Å². The Balaban J connectivity index is 1.32. The van der Waals surface area contributed by atoms with Gasteiger partial charge in [0, 0.05) is 24.8 Å². The average Bonchev–Trinajstić information content (AvgIpc) is 3.41. The fourth-order valence-corrected chi connectivity index (χ4v) is 4.03. The molecule has 7 nitrogen and oxygen atoms in total. The van der Waals surface area contributed by atoms with E-state index < -0.39 is 28.9 Å². The first-order chi connectivity index (χ1) is 16.2. The third-order valence-electron chi connectivity index (χ3n) is 4.87. The van der Waals surface area contributed by atoms with Crippen LogP contribution in [0.5, 0.6) is 0 Å². The molecule has 1 aromatic heterocycles. The predicted molar refractivity (Wildman–Crippen MR) is 120 cm³/mol. The number of benzene rings is 2. The number of nitrogens with one attached hydrogen (secondary N) is 1. The van der Waals surface area contributed by atoms with Gasteiger partial charge in [-0.25, -0.2) is 4.68 Å². The molecule has 0 saturated carbocycles. The first kappa shape index (κ1) is 23.3. The van der Waals surface area contributed by atoms with Gasteiger partial charge in [0.05, 0.1) is 10.6 Å². The van der Waals surface area contributed by atoms with Crippen molar-refractivity contribution in [1.29, 1.82) is 0 Å². The summed E-state index contributed by atoms with van der Waals surface area (Å²) in [6, 6.07) is 15.8. The summed E-state index contributed by atoms with van der Waals surface area (Å²) in [5.41, 5.74) is 0.412. The molecule has 1 aliphatic heterocycles. The Morgan fingerprint density at radius 3 is 2.38 bits per heavy atom. The van der Waals surface area contributed by atoms with Crippen LogP contribution in [0.15, 0.2) is 71.8 Å². The summed E-state index contributed by atoms with van der Waals surface area (Å²) in [5, 5.41) is 5.70. The molecule has 0 aliphatic carbocycles. The van der Waals surface area contributed by atoms with E-state index in [2.05, 4.69) is 10.4 Å². The summed E-state index contributed by atoms with van der Waals surface area (Å²) in [7, 11) is 0. The van der Waals surface area contributed by atoms with E-state index >= 15 is 0 Å². The summed E-state index contributed by atoms with van der Waals surface area (Å²) in [6.07, 6.45) is -1.72. The summed E-state index contributed by atoms with van der Waals surface area (Å²) < 4.78 is 39.2. The molecule has 0 unspecified atom stereocenters. The van der Waals surface area contributed by atoms with Crippen molar-refractivity contribution in [2.75, 3.05) is 13.1 Å². The highest BCUT2D eigenvalue weighted by Gasteiger charge is 2.35. The van der Waals surface area contributed by atoms with Crippen molar-refractivity contribution < 1.29 is 27.6 Å². The predicted octanol–water partition coefficient (Wildman–Crippen LogP) is 4.36. The molecule has 1 aliphatic rings. The lowest BCUT2D eigenvalue weighted by molar-refractivity contribution is -0.141. The second kappa shape index (κ2) is 9.56. The van der Waals surface area contributed by atoms with Crippen molar-refractivity contribution in [1.82, 2.24) is 20.0 Å². The average molecular weight is 486 g/mol. The molecule has 174 valence electrons. The maximum absolute atomic E-state index is 12.7. The Morgan fingerprint density at radius 1 is 1.03 bits per heavy atom. The second-order valence-electron chi connectivity index (χ2n) is 7.19. The van der Waals surface area contributed by atoms with E-state index in [9.17, 15) is 27.6 Å². The van der Waals surface area contributed by atoms with Gasteiger partial charge >= 0.3 is 6.18 Å². The van der Waals surface area contributed by atoms with Crippen molar-refractivity contribution in [2.45, 2.75) is 6.18 Å². The van der Waals surface area contributed by atoms with Crippen LogP contribution in [0.1, 0.15) is 21.6 Å². The largest absolute Gasteiger partial charge is 0.435 e. The number of thioether (sulfide) groups is 1.